The van der Waals surface area contributed by atoms with Crippen LogP contribution >= 0.6 is 22.9 Å². The highest BCUT2D eigenvalue weighted by Crippen LogP contribution is 2.48. The summed E-state index contributed by atoms with van der Waals surface area (Å²) in [4.78, 5) is 17.1. The van der Waals surface area contributed by atoms with E-state index in [1.54, 1.807) is 0 Å². The Morgan fingerprint density at radius 3 is 2.89 bits per heavy atom. The first kappa shape index (κ1) is 16.8. The Bertz CT molecular complexity index is 1080. The van der Waals surface area contributed by atoms with E-state index < -0.39 is 0 Å². The van der Waals surface area contributed by atoms with E-state index in [0.29, 0.717) is 21.8 Å². The molecule has 138 valence electrons. The van der Waals surface area contributed by atoms with Gasteiger partial charge in [0.15, 0.2) is 5.13 Å². The van der Waals surface area contributed by atoms with Gasteiger partial charge in [-0.1, -0.05) is 22.9 Å². The van der Waals surface area contributed by atoms with Crippen LogP contribution in [0.4, 0.5) is 10.8 Å². The Labute approximate surface area is 165 Å². The molecule has 3 aromatic rings. The van der Waals surface area contributed by atoms with Crippen LogP contribution in [0.5, 0.6) is 0 Å². The van der Waals surface area contributed by atoms with E-state index in [2.05, 4.69) is 10.3 Å². The van der Waals surface area contributed by atoms with Crippen molar-refractivity contribution in [2.75, 3.05) is 11.1 Å². The van der Waals surface area contributed by atoms with Gasteiger partial charge >= 0.3 is 0 Å². The largest absolute Gasteiger partial charge is 0.398 e. The third kappa shape index (κ3) is 2.82. The molecule has 0 unspecified atom stereocenters. The molecule has 1 saturated carbocycles. The molecule has 3 N–H and O–H groups in total. The van der Waals surface area contributed by atoms with Gasteiger partial charge in [-0.15, -0.1) is 0 Å². The Balaban J connectivity index is 1.70. The zero-order valence-electron chi connectivity index (χ0n) is 14.8. The molecule has 2 aromatic heterocycles. The van der Waals surface area contributed by atoms with Crippen LogP contribution in [-0.4, -0.2) is 20.7 Å². The lowest BCUT2D eigenvalue weighted by Crippen LogP contribution is -2.07. The number of nitrogen functional groups attached to an aromatic ring is 1. The van der Waals surface area contributed by atoms with Gasteiger partial charge in [0.25, 0.3) is 0 Å². The van der Waals surface area contributed by atoms with Crippen LogP contribution in [0, 0.1) is 0 Å². The quantitative estimate of drug-likeness (QED) is 0.647. The SMILES string of the molecule is CC(=O)Nc1nc2c(s1)-c1c(c(C3CC3)nn1-c1ccc(N)c(Cl)c1)CC2. The first-order valence-corrected chi connectivity index (χ1v) is 10.2. The van der Waals surface area contributed by atoms with Crippen LogP contribution in [0.3, 0.4) is 0 Å². The van der Waals surface area contributed by atoms with Crippen molar-refractivity contribution in [3.8, 4) is 16.3 Å². The maximum atomic E-state index is 11.4. The molecule has 0 radical (unpaired) electrons. The number of nitrogens with one attached hydrogen (secondary N) is 1. The van der Waals surface area contributed by atoms with Crippen molar-refractivity contribution in [1.29, 1.82) is 0 Å². The average Bonchev–Trinajstić information content (AvgIpc) is 3.26. The summed E-state index contributed by atoms with van der Waals surface area (Å²) in [5.41, 5.74) is 11.9. The fourth-order valence-electron chi connectivity index (χ4n) is 3.62. The molecule has 5 rings (SSSR count). The van der Waals surface area contributed by atoms with Crippen molar-refractivity contribution < 1.29 is 4.79 Å². The molecule has 8 heteroatoms. The molecule has 1 fully saturated rings. The highest BCUT2D eigenvalue weighted by atomic mass is 35.5. The van der Waals surface area contributed by atoms with E-state index in [1.165, 1.54) is 42.4 Å². The number of fused-ring (bicyclic) bond motifs is 3. The molecule has 27 heavy (non-hydrogen) atoms. The number of nitrogens with zero attached hydrogens (tertiary/aromatic N) is 3. The van der Waals surface area contributed by atoms with Crippen LogP contribution in [0.25, 0.3) is 16.3 Å². The second-order valence-electron chi connectivity index (χ2n) is 7.08. The maximum Gasteiger partial charge on any atom is 0.223 e. The van der Waals surface area contributed by atoms with Gasteiger partial charge in [0.05, 0.1) is 38.4 Å². The lowest BCUT2D eigenvalue weighted by molar-refractivity contribution is -0.114. The molecule has 2 aliphatic rings. The van der Waals surface area contributed by atoms with Gasteiger partial charge in [-0.2, -0.15) is 5.10 Å². The number of rotatable bonds is 3. The van der Waals surface area contributed by atoms with Gasteiger partial charge in [0.1, 0.15) is 0 Å². The summed E-state index contributed by atoms with van der Waals surface area (Å²) < 4.78 is 1.97. The minimum absolute atomic E-state index is 0.112. The number of anilines is 2. The van der Waals surface area contributed by atoms with E-state index in [9.17, 15) is 4.79 Å². The summed E-state index contributed by atoms with van der Waals surface area (Å²) in [5, 5.41) is 8.94. The first-order valence-electron chi connectivity index (χ1n) is 8.96. The van der Waals surface area contributed by atoms with Crippen molar-refractivity contribution in [3.05, 3.63) is 40.2 Å². The third-order valence-corrected chi connectivity index (χ3v) is 6.36. The Morgan fingerprint density at radius 1 is 1.37 bits per heavy atom. The minimum atomic E-state index is -0.112. The smallest absolute Gasteiger partial charge is 0.223 e. The van der Waals surface area contributed by atoms with Crippen LogP contribution < -0.4 is 11.1 Å². The van der Waals surface area contributed by atoms with Gasteiger partial charge in [-0.3, -0.25) is 4.79 Å². The number of aryl methyl sites for hydroxylation is 1. The maximum absolute atomic E-state index is 11.4. The first-order chi connectivity index (χ1) is 13.0. The van der Waals surface area contributed by atoms with Crippen molar-refractivity contribution >= 4 is 39.7 Å². The number of amides is 1. The molecule has 0 bridgehead atoms. The molecule has 0 aliphatic heterocycles. The van der Waals surface area contributed by atoms with Crippen LogP contribution in [-0.2, 0) is 17.6 Å². The number of benzene rings is 1. The summed E-state index contributed by atoms with van der Waals surface area (Å²) in [6, 6.07) is 5.60. The zero-order valence-corrected chi connectivity index (χ0v) is 16.3. The Kier molecular flexibility index (Phi) is 3.77. The van der Waals surface area contributed by atoms with Gasteiger partial charge in [0.2, 0.25) is 5.91 Å². The predicted molar refractivity (Wildman–Crippen MR) is 108 cm³/mol. The summed E-state index contributed by atoms with van der Waals surface area (Å²) in [6.07, 6.45) is 4.17. The molecule has 0 spiro atoms. The van der Waals surface area contributed by atoms with Crippen LogP contribution in [0.15, 0.2) is 18.2 Å². The van der Waals surface area contributed by atoms with Gasteiger partial charge in [-0.25, -0.2) is 9.67 Å². The average molecular weight is 400 g/mol. The summed E-state index contributed by atoms with van der Waals surface area (Å²) in [7, 11) is 0. The summed E-state index contributed by atoms with van der Waals surface area (Å²) >= 11 is 7.77. The highest BCUT2D eigenvalue weighted by Gasteiger charge is 2.35. The number of carbonyl (C=O) groups excluding carboxylic acids is 1. The summed E-state index contributed by atoms with van der Waals surface area (Å²) in [5.74, 6) is 0.437. The van der Waals surface area contributed by atoms with E-state index in [-0.39, 0.29) is 5.91 Å². The van der Waals surface area contributed by atoms with Crippen molar-refractivity contribution in [2.45, 2.75) is 38.5 Å². The summed E-state index contributed by atoms with van der Waals surface area (Å²) in [6.45, 7) is 1.50. The van der Waals surface area contributed by atoms with E-state index >= 15 is 0 Å². The third-order valence-electron chi connectivity index (χ3n) is 5.01. The minimum Gasteiger partial charge on any atom is -0.398 e. The van der Waals surface area contributed by atoms with Crippen molar-refractivity contribution in [2.24, 2.45) is 0 Å². The Morgan fingerprint density at radius 2 is 2.19 bits per heavy atom. The number of carbonyl (C=O) groups is 1. The zero-order chi connectivity index (χ0) is 18.7. The normalized spacial score (nSPS) is 15.3. The number of thiazole rings is 1. The second-order valence-corrected chi connectivity index (χ2v) is 8.49. The fraction of sp³-hybridized carbons (Fsp3) is 0.316. The number of halogens is 1. The molecule has 1 amide bonds. The van der Waals surface area contributed by atoms with Crippen LogP contribution in [0.1, 0.15) is 42.6 Å². The van der Waals surface area contributed by atoms with Gasteiger partial charge in [0, 0.05) is 18.4 Å². The van der Waals surface area contributed by atoms with Crippen molar-refractivity contribution in [3.63, 3.8) is 0 Å². The molecule has 2 aliphatic carbocycles. The fourth-order valence-corrected chi connectivity index (χ4v) is 4.91. The molecule has 2 heterocycles. The molecule has 0 saturated heterocycles. The lowest BCUT2D eigenvalue weighted by atomic mass is 9.96. The van der Waals surface area contributed by atoms with Crippen LogP contribution in [0.2, 0.25) is 5.02 Å². The molecular weight excluding hydrogens is 382 g/mol. The lowest BCUT2D eigenvalue weighted by Gasteiger charge is -2.14. The number of hydrogen-bond donors (Lipinski definition) is 2. The van der Waals surface area contributed by atoms with Gasteiger partial charge < -0.3 is 11.1 Å². The number of aromatic nitrogens is 3. The molecular formula is C19H18ClN5OS. The number of hydrogen-bond acceptors (Lipinski definition) is 5. The van der Waals surface area contributed by atoms with E-state index in [4.69, 9.17) is 22.4 Å². The molecule has 6 nitrogen and oxygen atoms in total. The second kappa shape index (κ2) is 6.07. The monoisotopic (exact) mass is 399 g/mol. The number of nitrogens with two attached hydrogens (primary N) is 1. The molecule has 0 atom stereocenters. The highest BCUT2D eigenvalue weighted by molar-refractivity contribution is 7.19. The topological polar surface area (TPSA) is 85.8 Å². The molecule has 1 aromatic carbocycles. The van der Waals surface area contributed by atoms with E-state index in [1.807, 2.05) is 22.9 Å². The predicted octanol–water partition coefficient (Wildman–Crippen LogP) is 4.17. The van der Waals surface area contributed by atoms with E-state index in [0.717, 1.165) is 34.8 Å². The van der Waals surface area contributed by atoms with Crippen molar-refractivity contribution in [1.82, 2.24) is 14.8 Å². The van der Waals surface area contributed by atoms with Gasteiger partial charge in [-0.05, 0) is 43.9 Å². The standard InChI is InChI=1S/C19H18ClN5OS/c1-9(26)22-19-23-15-7-5-12-16(10-2-3-10)24-25(17(12)18(15)27-19)11-4-6-14(21)13(20)8-11/h4,6,8,10H,2-3,5,7,21H2,1H3,(H,22,23,26). The Hall–Kier alpha value is -2.38.